The van der Waals surface area contributed by atoms with Gasteiger partial charge in [0.05, 0.1) is 0 Å². The summed E-state index contributed by atoms with van der Waals surface area (Å²) < 4.78 is 1.31. The van der Waals surface area contributed by atoms with Crippen LogP contribution in [0.15, 0.2) is 64.7 Å². The van der Waals surface area contributed by atoms with Gasteiger partial charge in [-0.05, 0) is 23.6 Å². The van der Waals surface area contributed by atoms with E-state index in [1.807, 2.05) is 0 Å². The van der Waals surface area contributed by atoms with Crippen molar-refractivity contribution in [3.63, 3.8) is 0 Å². The molecule has 0 saturated carbocycles. The molecule has 0 aromatic heterocycles. The molecule has 3 rings (SSSR count). The zero-order valence-electron chi connectivity index (χ0n) is 9.86. The van der Waals surface area contributed by atoms with Gasteiger partial charge in [-0.1, -0.05) is 71.4 Å². The zero-order chi connectivity index (χ0) is 11.9. The van der Waals surface area contributed by atoms with Gasteiger partial charge in [-0.3, -0.25) is 0 Å². The fourth-order valence-corrected chi connectivity index (χ4v) is 4.02. The highest BCUT2D eigenvalue weighted by Gasteiger charge is 2.43. The van der Waals surface area contributed by atoms with Crippen molar-refractivity contribution >= 4 is 15.9 Å². The fourth-order valence-electron chi connectivity index (χ4n) is 3.00. The molecule has 2 aliphatic carbocycles. The Morgan fingerprint density at radius 2 is 2.00 bits per heavy atom. The Kier molecular flexibility index (Phi) is 2.59. The summed E-state index contributed by atoms with van der Waals surface area (Å²) in [6.45, 7) is 2.37. The number of allylic oxidation sites excluding steroid dienone is 6. The Labute approximate surface area is 111 Å². The summed E-state index contributed by atoms with van der Waals surface area (Å²) in [6, 6.07) is 10.8. The minimum absolute atomic E-state index is 0.217. The highest BCUT2D eigenvalue weighted by atomic mass is 79.9. The van der Waals surface area contributed by atoms with Gasteiger partial charge in [-0.15, -0.1) is 0 Å². The van der Waals surface area contributed by atoms with Gasteiger partial charge < -0.3 is 0 Å². The maximum absolute atomic E-state index is 3.76. The van der Waals surface area contributed by atoms with Gasteiger partial charge in [0.1, 0.15) is 0 Å². The van der Waals surface area contributed by atoms with Gasteiger partial charge in [0.2, 0.25) is 0 Å². The van der Waals surface area contributed by atoms with Crippen LogP contribution in [0.4, 0.5) is 0 Å². The van der Waals surface area contributed by atoms with Crippen molar-refractivity contribution in [2.75, 3.05) is 0 Å². The molecule has 0 radical (unpaired) electrons. The number of halogens is 1. The molecule has 2 aliphatic rings. The number of rotatable bonds is 1. The fraction of sp³-hybridized carbons (Fsp3) is 0.250. The van der Waals surface area contributed by atoms with E-state index >= 15 is 0 Å². The maximum atomic E-state index is 3.76. The minimum atomic E-state index is 0.217. The molecule has 0 aliphatic heterocycles. The Morgan fingerprint density at radius 1 is 1.24 bits per heavy atom. The third kappa shape index (κ3) is 1.64. The molecule has 2 atom stereocenters. The lowest BCUT2D eigenvalue weighted by Gasteiger charge is -2.35. The lowest BCUT2D eigenvalue weighted by atomic mass is 9.69. The van der Waals surface area contributed by atoms with Gasteiger partial charge in [-0.2, -0.15) is 0 Å². The summed E-state index contributed by atoms with van der Waals surface area (Å²) in [5.74, 6) is 0.458. The molecule has 0 bridgehead atoms. The number of hydrogen-bond acceptors (Lipinski definition) is 0. The molecule has 1 aromatic rings. The van der Waals surface area contributed by atoms with Crippen LogP contribution in [0.2, 0.25) is 0 Å². The van der Waals surface area contributed by atoms with Crippen LogP contribution in [0.5, 0.6) is 0 Å². The van der Waals surface area contributed by atoms with Gasteiger partial charge in [0, 0.05) is 15.8 Å². The predicted molar refractivity (Wildman–Crippen MR) is 76.1 cm³/mol. The first-order valence-electron chi connectivity index (χ1n) is 6.01. The third-order valence-electron chi connectivity index (χ3n) is 3.95. The Morgan fingerprint density at radius 3 is 2.76 bits per heavy atom. The summed E-state index contributed by atoms with van der Waals surface area (Å²) >= 11 is 3.76. The van der Waals surface area contributed by atoms with Crippen LogP contribution in [0.3, 0.4) is 0 Å². The second-order valence-electron chi connectivity index (χ2n) is 5.04. The van der Waals surface area contributed by atoms with Gasteiger partial charge in [0.15, 0.2) is 0 Å². The van der Waals surface area contributed by atoms with E-state index in [1.54, 1.807) is 0 Å². The van der Waals surface area contributed by atoms with Crippen molar-refractivity contribution in [3.8, 4) is 0 Å². The first kappa shape index (κ1) is 11.0. The van der Waals surface area contributed by atoms with E-state index in [9.17, 15) is 0 Å². The smallest absolute Gasteiger partial charge is 0.0253 e. The molecule has 0 spiro atoms. The first-order chi connectivity index (χ1) is 8.22. The van der Waals surface area contributed by atoms with Crippen molar-refractivity contribution < 1.29 is 0 Å². The van der Waals surface area contributed by atoms with E-state index in [4.69, 9.17) is 0 Å². The molecule has 1 aromatic carbocycles. The highest BCUT2D eigenvalue weighted by Crippen LogP contribution is 2.57. The summed E-state index contributed by atoms with van der Waals surface area (Å²) in [7, 11) is 0. The van der Waals surface area contributed by atoms with E-state index in [-0.39, 0.29) is 5.41 Å². The molecule has 0 fully saturated rings. The molecule has 17 heavy (non-hydrogen) atoms. The standard InChI is InChI=1S/C16H15Br/c1-16-10-6-5-9-13(16)11-14(17)15(16)12-7-3-2-4-8-12/h2-9,11,15H,10H2,1H3. The molecule has 0 heterocycles. The van der Waals surface area contributed by atoms with E-state index < -0.39 is 0 Å². The topological polar surface area (TPSA) is 0 Å². The SMILES string of the molecule is CC12CC=CC=C1C=C(Br)C2c1ccccc1. The van der Waals surface area contributed by atoms with Crippen LogP contribution in [-0.4, -0.2) is 0 Å². The van der Waals surface area contributed by atoms with E-state index in [0.717, 1.165) is 6.42 Å². The van der Waals surface area contributed by atoms with Gasteiger partial charge >= 0.3 is 0 Å². The zero-order valence-corrected chi connectivity index (χ0v) is 11.4. The van der Waals surface area contributed by atoms with Gasteiger partial charge in [0.25, 0.3) is 0 Å². The summed E-state index contributed by atoms with van der Waals surface area (Å²) in [5.41, 5.74) is 3.06. The third-order valence-corrected chi connectivity index (χ3v) is 4.64. The van der Waals surface area contributed by atoms with Crippen molar-refractivity contribution in [2.24, 2.45) is 5.41 Å². The Balaban J connectivity index is 2.10. The Hall–Kier alpha value is -1.08. The minimum Gasteiger partial charge on any atom is -0.0836 e. The van der Waals surface area contributed by atoms with Crippen LogP contribution in [0, 0.1) is 5.41 Å². The largest absolute Gasteiger partial charge is 0.0836 e. The predicted octanol–water partition coefficient (Wildman–Crippen LogP) is 4.96. The summed E-state index contributed by atoms with van der Waals surface area (Å²) in [6.07, 6.45) is 10.1. The van der Waals surface area contributed by atoms with Crippen molar-refractivity contribution in [1.29, 1.82) is 0 Å². The molecule has 0 N–H and O–H groups in total. The van der Waals surface area contributed by atoms with Crippen molar-refractivity contribution in [2.45, 2.75) is 19.3 Å². The first-order valence-corrected chi connectivity index (χ1v) is 6.80. The molecule has 0 amide bonds. The van der Waals surface area contributed by atoms with Crippen LogP contribution in [0.25, 0.3) is 0 Å². The Bertz CT molecular complexity index is 522. The molecule has 0 saturated heterocycles. The van der Waals surface area contributed by atoms with E-state index in [2.05, 4.69) is 77.5 Å². The second kappa shape index (κ2) is 3.99. The summed E-state index contributed by atoms with van der Waals surface area (Å²) in [4.78, 5) is 0. The van der Waals surface area contributed by atoms with Crippen LogP contribution < -0.4 is 0 Å². The lowest BCUT2D eigenvalue weighted by molar-refractivity contribution is 0.378. The monoisotopic (exact) mass is 286 g/mol. The number of hydrogen-bond donors (Lipinski definition) is 0. The van der Waals surface area contributed by atoms with Crippen LogP contribution in [0.1, 0.15) is 24.8 Å². The van der Waals surface area contributed by atoms with Crippen molar-refractivity contribution in [3.05, 3.63) is 70.3 Å². The molecular formula is C16H15Br. The molecule has 1 heteroatoms. The number of benzene rings is 1. The number of fused-ring (bicyclic) bond motifs is 1. The maximum Gasteiger partial charge on any atom is 0.0253 e. The lowest BCUT2D eigenvalue weighted by Crippen LogP contribution is -2.24. The van der Waals surface area contributed by atoms with Crippen molar-refractivity contribution in [1.82, 2.24) is 0 Å². The summed E-state index contributed by atoms with van der Waals surface area (Å²) in [5, 5.41) is 0. The normalized spacial score (nSPS) is 30.8. The average molecular weight is 287 g/mol. The molecule has 86 valence electrons. The second-order valence-corrected chi connectivity index (χ2v) is 5.96. The average Bonchev–Trinajstić information content (AvgIpc) is 2.60. The van der Waals surface area contributed by atoms with E-state index in [1.165, 1.54) is 15.6 Å². The molecular weight excluding hydrogens is 272 g/mol. The van der Waals surface area contributed by atoms with Crippen LogP contribution >= 0.6 is 15.9 Å². The quantitative estimate of drug-likeness (QED) is 0.685. The van der Waals surface area contributed by atoms with Crippen LogP contribution in [-0.2, 0) is 0 Å². The highest BCUT2D eigenvalue weighted by molar-refractivity contribution is 9.11. The van der Waals surface area contributed by atoms with E-state index in [0.29, 0.717) is 5.92 Å². The molecule has 0 nitrogen and oxygen atoms in total. The van der Waals surface area contributed by atoms with Gasteiger partial charge in [-0.25, -0.2) is 0 Å². The molecule has 2 unspecified atom stereocenters.